The number of amides is 2. The van der Waals surface area contributed by atoms with Crippen molar-refractivity contribution in [3.63, 3.8) is 0 Å². The highest BCUT2D eigenvalue weighted by molar-refractivity contribution is 5.77. The number of carbonyl (C=O) groups excluding carboxylic acids is 2. The van der Waals surface area contributed by atoms with E-state index in [-0.39, 0.29) is 5.91 Å². The molecule has 0 bridgehead atoms. The number of benzene rings is 1. The van der Waals surface area contributed by atoms with E-state index >= 15 is 0 Å². The summed E-state index contributed by atoms with van der Waals surface area (Å²) in [5.74, 6) is 3.01. The molecule has 0 unspecified atom stereocenters. The van der Waals surface area contributed by atoms with Crippen molar-refractivity contribution in [2.24, 2.45) is 11.8 Å². The highest BCUT2D eigenvalue weighted by Crippen LogP contribution is 2.31. The van der Waals surface area contributed by atoms with E-state index in [1.165, 1.54) is 32.1 Å². The Balaban J connectivity index is 1.12. The van der Waals surface area contributed by atoms with Gasteiger partial charge in [0, 0.05) is 32.5 Å². The third kappa shape index (κ3) is 6.37. The summed E-state index contributed by atoms with van der Waals surface area (Å²) >= 11 is 0. The number of hydrogen-bond acceptors (Lipinski definition) is 4. The van der Waals surface area contributed by atoms with Gasteiger partial charge < -0.3 is 19.7 Å². The Kier molecular flexibility index (Phi) is 7.71. The van der Waals surface area contributed by atoms with Crippen LogP contribution in [0.25, 0.3) is 0 Å². The molecule has 1 aromatic carbocycles. The molecule has 2 heterocycles. The second-order valence-electron chi connectivity index (χ2n) is 9.31. The van der Waals surface area contributed by atoms with Gasteiger partial charge in [-0.1, -0.05) is 25.3 Å². The molecule has 31 heavy (non-hydrogen) atoms. The number of fused-ring (bicyclic) bond motifs is 1. The first kappa shape index (κ1) is 22.0. The lowest BCUT2D eigenvalue weighted by atomic mass is 9.86. The molecule has 1 N–H and O–H groups in total. The van der Waals surface area contributed by atoms with Crippen molar-refractivity contribution in [3.05, 3.63) is 23.8 Å². The van der Waals surface area contributed by atoms with E-state index in [9.17, 15) is 9.59 Å². The predicted octanol–water partition coefficient (Wildman–Crippen LogP) is 3.72. The molecule has 170 valence electrons. The van der Waals surface area contributed by atoms with Gasteiger partial charge in [-0.25, -0.2) is 0 Å². The van der Waals surface area contributed by atoms with Gasteiger partial charge in [0.05, 0.1) is 0 Å². The standard InChI is InChI=1S/C25H36N2O4/c28-24(26-11-8-20-6-7-22-23(16-20)31-15-14-30-22)17-21-9-12-27(13-10-21)25(29)18-19-4-2-1-3-5-19/h6-7,16,19,21H,1-5,8-15,17-18H2,(H,26,28). The smallest absolute Gasteiger partial charge is 0.222 e. The zero-order valence-electron chi connectivity index (χ0n) is 18.6. The second kappa shape index (κ2) is 10.9. The molecule has 0 atom stereocenters. The molecule has 0 aromatic heterocycles. The third-order valence-electron chi connectivity index (χ3n) is 6.97. The van der Waals surface area contributed by atoms with Gasteiger partial charge in [-0.15, -0.1) is 0 Å². The number of likely N-dealkylation sites (tertiary alicyclic amines) is 1. The SMILES string of the molecule is O=C(CC1CCN(C(=O)CC2CCCCC2)CC1)NCCc1ccc2c(c1)OCCO2. The summed E-state index contributed by atoms with van der Waals surface area (Å²) in [5.41, 5.74) is 1.13. The zero-order chi connectivity index (χ0) is 21.5. The summed E-state index contributed by atoms with van der Waals surface area (Å²) in [4.78, 5) is 27.0. The van der Waals surface area contributed by atoms with Gasteiger partial charge in [-0.2, -0.15) is 0 Å². The lowest BCUT2D eigenvalue weighted by Crippen LogP contribution is -2.40. The minimum absolute atomic E-state index is 0.115. The largest absolute Gasteiger partial charge is 0.486 e. The Morgan fingerprint density at radius 3 is 2.39 bits per heavy atom. The molecule has 1 saturated heterocycles. The summed E-state index contributed by atoms with van der Waals surface area (Å²) in [6.07, 6.45) is 10.3. The van der Waals surface area contributed by atoms with E-state index in [1.54, 1.807) is 0 Å². The maximum absolute atomic E-state index is 12.6. The molecule has 2 amide bonds. The van der Waals surface area contributed by atoms with Gasteiger partial charge in [-0.3, -0.25) is 9.59 Å². The van der Waals surface area contributed by atoms with E-state index in [4.69, 9.17) is 9.47 Å². The van der Waals surface area contributed by atoms with Gasteiger partial charge in [0.1, 0.15) is 13.2 Å². The lowest BCUT2D eigenvalue weighted by molar-refractivity contribution is -0.134. The van der Waals surface area contributed by atoms with Crippen LogP contribution in [0.3, 0.4) is 0 Å². The zero-order valence-corrected chi connectivity index (χ0v) is 18.6. The van der Waals surface area contributed by atoms with Gasteiger partial charge in [0.25, 0.3) is 0 Å². The minimum atomic E-state index is 0.115. The second-order valence-corrected chi connectivity index (χ2v) is 9.31. The fourth-order valence-electron chi connectivity index (χ4n) is 5.08. The quantitative estimate of drug-likeness (QED) is 0.719. The Morgan fingerprint density at radius 2 is 1.61 bits per heavy atom. The van der Waals surface area contributed by atoms with Crippen LogP contribution in [0.5, 0.6) is 11.5 Å². The highest BCUT2D eigenvalue weighted by Gasteiger charge is 2.26. The molecule has 4 rings (SSSR count). The van der Waals surface area contributed by atoms with E-state index in [0.717, 1.165) is 55.8 Å². The van der Waals surface area contributed by atoms with Crippen LogP contribution >= 0.6 is 0 Å². The Morgan fingerprint density at radius 1 is 0.903 bits per heavy atom. The molecule has 2 aliphatic heterocycles. The minimum Gasteiger partial charge on any atom is -0.486 e. The van der Waals surface area contributed by atoms with E-state index < -0.39 is 0 Å². The topological polar surface area (TPSA) is 67.9 Å². The monoisotopic (exact) mass is 428 g/mol. The van der Waals surface area contributed by atoms with Crippen molar-refractivity contribution >= 4 is 11.8 Å². The van der Waals surface area contributed by atoms with Gasteiger partial charge in [0.15, 0.2) is 11.5 Å². The molecular weight excluding hydrogens is 392 g/mol. The summed E-state index contributed by atoms with van der Waals surface area (Å²) < 4.78 is 11.2. The summed E-state index contributed by atoms with van der Waals surface area (Å²) in [6.45, 7) is 3.41. The number of nitrogens with zero attached hydrogens (tertiary/aromatic N) is 1. The molecule has 1 saturated carbocycles. The molecule has 2 fully saturated rings. The van der Waals surface area contributed by atoms with Crippen LogP contribution in [-0.2, 0) is 16.0 Å². The van der Waals surface area contributed by atoms with Gasteiger partial charge >= 0.3 is 0 Å². The van der Waals surface area contributed by atoms with Crippen LogP contribution in [0, 0.1) is 11.8 Å². The fourth-order valence-corrected chi connectivity index (χ4v) is 5.08. The van der Waals surface area contributed by atoms with E-state index in [1.807, 2.05) is 23.1 Å². The maximum Gasteiger partial charge on any atom is 0.222 e. The average molecular weight is 429 g/mol. The van der Waals surface area contributed by atoms with Crippen molar-refractivity contribution in [2.75, 3.05) is 32.8 Å². The van der Waals surface area contributed by atoms with Crippen LogP contribution in [0.1, 0.15) is 63.4 Å². The van der Waals surface area contributed by atoms with Crippen LogP contribution < -0.4 is 14.8 Å². The molecule has 6 heteroatoms. The first-order valence-corrected chi connectivity index (χ1v) is 12.1. The number of ether oxygens (including phenoxy) is 2. The third-order valence-corrected chi connectivity index (χ3v) is 6.97. The van der Waals surface area contributed by atoms with Crippen LogP contribution in [-0.4, -0.2) is 49.6 Å². The van der Waals surface area contributed by atoms with Gasteiger partial charge in [-0.05, 0) is 61.6 Å². The Hall–Kier alpha value is -2.24. The molecule has 1 aromatic rings. The van der Waals surface area contributed by atoms with Crippen LogP contribution in [0.4, 0.5) is 0 Å². The molecule has 3 aliphatic rings. The highest BCUT2D eigenvalue weighted by atomic mass is 16.6. The van der Waals surface area contributed by atoms with Crippen molar-refractivity contribution in [2.45, 2.75) is 64.2 Å². The van der Waals surface area contributed by atoms with Crippen molar-refractivity contribution in [1.82, 2.24) is 10.2 Å². The normalized spacial score (nSPS) is 19.8. The van der Waals surface area contributed by atoms with Gasteiger partial charge in [0.2, 0.25) is 11.8 Å². The van der Waals surface area contributed by atoms with Crippen LogP contribution in [0.2, 0.25) is 0 Å². The Bertz CT molecular complexity index is 752. The molecule has 1 aliphatic carbocycles. The first-order valence-electron chi connectivity index (χ1n) is 12.1. The van der Waals surface area contributed by atoms with E-state index in [0.29, 0.717) is 43.9 Å². The van der Waals surface area contributed by atoms with Crippen molar-refractivity contribution in [3.8, 4) is 11.5 Å². The maximum atomic E-state index is 12.6. The summed E-state index contributed by atoms with van der Waals surface area (Å²) in [5, 5.41) is 3.06. The molecule has 0 radical (unpaired) electrons. The number of hydrogen-bond donors (Lipinski definition) is 1. The number of nitrogens with one attached hydrogen (secondary N) is 1. The molecule has 0 spiro atoms. The Labute approximate surface area is 185 Å². The van der Waals surface area contributed by atoms with Crippen molar-refractivity contribution in [1.29, 1.82) is 0 Å². The fraction of sp³-hybridized carbons (Fsp3) is 0.680. The summed E-state index contributed by atoms with van der Waals surface area (Å²) in [6, 6.07) is 5.97. The predicted molar refractivity (Wildman–Crippen MR) is 119 cm³/mol. The van der Waals surface area contributed by atoms with E-state index in [2.05, 4.69) is 5.32 Å². The number of rotatable bonds is 7. The van der Waals surface area contributed by atoms with Crippen LogP contribution in [0.15, 0.2) is 18.2 Å². The lowest BCUT2D eigenvalue weighted by Gasteiger charge is -2.33. The molecular formula is C25H36N2O4. The van der Waals surface area contributed by atoms with Crippen molar-refractivity contribution < 1.29 is 19.1 Å². The number of carbonyl (C=O) groups is 2. The average Bonchev–Trinajstić information content (AvgIpc) is 2.80. The summed E-state index contributed by atoms with van der Waals surface area (Å²) in [7, 11) is 0. The molecule has 6 nitrogen and oxygen atoms in total. The first-order chi connectivity index (χ1) is 15.2. The number of piperidine rings is 1.